The van der Waals surface area contributed by atoms with Crippen LogP contribution in [0, 0.1) is 10.1 Å². The molecule has 0 saturated heterocycles. The van der Waals surface area contributed by atoms with E-state index in [1.165, 1.54) is 23.9 Å². The molecule has 0 aliphatic heterocycles. The maximum atomic E-state index is 10.5. The summed E-state index contributed by atoms with van der Waals surface area (Å²) in [6.45, 7) is 0. The quantitative estimate of drug-likeness (QED) is 0.479. The van der Waals surface area contributed by atoms with Crippen LogP contribution in [0.3, 0.4) is 0 Å². The fourth-order valence-corrected chi connectivity index (χ4v) is 1.70. The molecule has 0 amide bonds. The predicted molar refractivity (Wildman–Crippen MR) is 76.0 cm³/mol. The molecule has 0 unspecified atom stereocenters. The van der Waals surface area contributed by atoms with Gasteiger partial charge in [-0.15, -0.1) is 0 Å². The van der Waals surface area contributed by atoms with Crippen LogP contribution in [-0.4, -0.2) is 28.2 Å². The molecule has 4 nitrogen and oxygen atoms in total. The number of hydrogen-bond donors (Lipinski definition) is 0. The Balaban J connectivity index is 2.60. The van der Waals surface area contributed by atoms with Gasteiger partial charge >= 0.3 is 0 Å². The molecule has 0 spiro atoms. The summed E-state index contributed by atoms with van der Waals surface area (Å²) >= 11 is 6.53. The standard InChI is InChI=1S/C11H12N2O2S2/c1-12(2)11(16)17-8-7-9-3-5-10(6-4-9)13(14)15/h3-8H,1-2H3/b8-7+. The third-order valence-electron chi connectivity index (χ3n) is 1.90. The molecule has 1 aromatic carbocycles. The number of thiocarbonyl (C=S) groups is 1. The molecule has 6 heteroatoms. The van der Waals surface area contributed by atoms with Crippen LogP contribution in [-0.2, 0) is 0 Å². The minimum Gasteiger partial charge on any atom is -0.363 e. The highest BCUT2D eigenvalue weighted by Gasteiger charge is 2.02. The molecule has 0 atom stereocenters. The molecule has 0 aromatic heterocycles. The fourth-order valence-electron chi connectivity index (χ4n) is 0.983. The van der Waals surface area contributed by atoms with E-state index < -0.39 is 4.92 Å². The third-order valence-corrected chi connectivity index (χ3v) is 3.39. The van der Waals surface area contributed by atoms with Crippen LogP contribution >= 0.6 is 24.0 Å². The van der Waals surface area contributed by atoms with E-state index in [9.17, 15) is 10.1 Å². The van der Waals surface area contributed by atoms with Crippen molar-refractivity contribution in [2.45, 2.75) is 0 Å². The molecule has 90 valence electrons. The second-order valence-corrected chi connectivity index (χ2v) is 4.97. The van der Waals surface area contributed by atoms with E-state index in [1.807, 2.05) is 30.5 Å². The van der Waals surface area contributed by atoms with Gasteiger partial charge in [-0.25, -0.2) is 0 Å². The van der Waals surface area contributed by atoms with Crippen LogP contribution in [0.15, 0.2) is 29.7 Å². The van der Waals surface area contributed by atoms with E-state index >= 15 is 0 Å². The first-order valence-electron chi connectivity index (χ1n) is 4.79. The van der Waals surface area contributed by atoms with Crippen LogP contribution in [0.4, 0.5) is 5.69 Å². The normalized spacial score (nSPS) is 10.5. The summed E-state index contributed by atoms with van der Waals surface area (Å²) in [4.78, 5) is 11.9. The zero-order valence-corrected chi connectivity index (χ0v) is 11.1. The van der Waals surface area contributed by atoms with Crippen LogP contribution in [0.1, 0.15) is 5.56 Å². The van der Waals surface area contributed by atoms with Crippen LogP contribution in [0.2, 0.25) is 0 Å². The number of hydrogen-bond acceptors (Lipinski definition) is 4. The Labute approximate surface area is 109 Å². The molecule has 1 aromatic rings. The number of non-ortho nitro benzene ring substituents is 1. The lowest BCUT2D eigenvalue weighted by molar-refractivity contribution is -0.384. The molecule has 0 aliphatic rings. The summed E-state index contributed by atoms with van der Waals surface area (Å²) in [5.74, 6) is 0. The lowest BCUT2D eigenvalue weighted by atomic mass is 10.2. The van der Waals surface area contributed by atoms with Crippen molar-refractivity contribution >= 4 is 40.1 Å². The van der Waals surface area contributed by atoms with Gasteiger partial charge in [0.1, 0.15) is 4.32 Å². The van der Waals surface area contributed by atoms with Crippen molar-refractivity contribution in [1.82, 2.24) is 4.90 Å². The lowest BCUT2D eigenvalue weighted by Gasteiger charge is -2.09. The summed E-state index contributed by atoms with van der Waals surface area (Å²) in [6, 6.07) is 6.37. The third kappa shape index (κ3) is 4.54. The van der Waals surface area contributed by atoms with Crippen molar-refractivity contribution in [1.29, 1.82) is 0 Å². The van der Waals surface area contributed by atoms with Gasteiger partial charge < -0.3 is 4.90 Å². The van der Waals surface area contributed by atoms with Crippen molar-refractivity contribution in [3.63, 3.8) is 0 Å². The molecule has 0 N–H and O–H groups in total. The Kier molecular flexibility index (Phi) is 5.11. The summed E-state index contributed by atoms with van der Waals surface area (Å²) in [7, 11) is 3.77. The number of benzene rings is 1. The fraction of sp³-hybridized carbons (Fsp3) is 0.182. The average Bonchev–Trinajstić information content (AvgIpc) is 2.29. The van der Waals surface area contributed by atoms with E-state index in [2.05, 4.69) is 0 Å². The van der Waals surface area contributed by atoms with E-state index in [-0.39, 0.29) is 5.69 Å². The van der Waals surface area contributed by atoms with Gasteiger partial charge in [0.2, 0.25) is 0 Å². The first-order chi connectivity index (χ1) is 8.00. The highest BCUT2D eigenvalue weighted by Crippen LogP contribution is 2.15. The van der Waals surface area contributed by atoms with Crippen LogP contribution in [0.5, 0.6) is 0 Å². The highest BCUT2D eigenvalue weighted by molar-refractivity contribution is 8.24. The monoisotopic (exact) mass is 268 g/mol. The molecule has 0 heterocycles. The largest absolute Gasteiger partial charge is 0.363 e. The van der Waals surface area contributed by atoms with Crippen molar-refractivity contribution in [3.05, 3.63) is 45.4 Å². The maximum absolute atomic E-state index is 10.5. The number of rotatable bonds is 3. The predicted octanol–water partition coefficient (Wildman–Crippen LogP) is 3.15. The Bertz CT molecular complexity index is 441. The Morgan fingerprint density at radius 2 is 2.00 bits per heavy atom. The number of nitro groups is 1. The Hall–Kier alpha value is -1.40. The van der Waals surface area contributed by atoms with Crippen LogP contribution < -0.4 is 0 Å². The van der Waals surface area contributed by atoms with Gasteiger partial charge in [0.15, 0.2) is 0 Å². The van der Waals surface area contributed by atoms with E-state index in [0.717, 1.165) is 9.88 Å². The zero-order valence-electron chi connectivity index (χ0n) is 9.49. The summed E-state index contributed by atoms with van der Waals surface area (Å²) < 4.78 is 0.767. The summed E-state index contributed by atoms with van der Waals surface area (Å²) in [6.07, 6.45) is 1.87. The highest BCUT2D eigenvalue weighted by atomic mass is 32.2. The SMILES string of the molecule is CN(C)C(=S)S/C=C/c1ccc([N+](=O)[O-])cc1. The summed E-state index contributed by atoms with van der Waals surface area (Å²) in [5.41, 5.74) is 1.00. The van der Waals surface area contributed by atoms with E-state index in [0.29, 0.717) is 0 Å². The minimum atomic E-state index is -0.413. The molecule has 17 heavy (non-hydrogen) atoms. The Morgan fingerprint density at radius 1 is 1.41 bits per heavy atom. The van der Waals surface area contributed by atoms with Gasteiger partial charge in [-0.3, -0.25) is 10.1 Å². The molecule has 0 saturated carbocycles. The summed E-state index contributed by atoms with van der Waals surface area (Å²) in [5, 5.41) is 12.3. The molecular formula is C11H12N2O2S2. The van der Waals surface area contributed by atoms with Gasteiger partial charge in [-0.2, -0.15) is 0 Å². The minimum absolute atomic E-state index is 0.0959. The van der Waals surface area contributed by atoms with E-state index in [1.54, 1.807) is 12.1 Å². The average molecular weight is 268 g/mol. The van der Waals surface area contributed by atoms with Gasteiger partial charge in [-0.05, 0) is 29.2 Å². The van der Waals surface area contributed by atoms with Crippen LogP contribution in [0.25, 0.3) is 6.08 Å². The second-order valence-electron chi connectivity index (χ2n) is 3.43. The number of nitro benzene ring substituents is 1. The molecular weight excluding hydrogens is 256 g/mol. The smallest absolute Gasteiger partial charge is 0.269 e. The van der Waals surface area contributed by atoms with Crippen molar-refractivity contribution in [2.75, 3.05) is 14.1 Å². The first-order valence-corrected chi connectivity index (χ1v) is 6.08. The first kappa shape index (κ1) is 13.7. The lowest BCUT2D eigenvalue weighted by Crippen LogP contribution is -2.14. The van der Waals surface area contributed by atoms with Gasteiger partial charge in [0.05, 0.1) is 4.92 Å². The van der Waals surface area contributed by atoms with Gasteiger partial charge in [0.25, 0.3) is 5.69 Å². The van der Waals surface area contributed by atoms with E-state index in [4.69, 9.17) is 12.2 Å². The zero-order chi connectivity index (χ0) is 12.8. The molecule has 0 aliphatic carbocycles. The maximum Gasteiger partial charge on any atom is 0.269 e. The number of nitrogens with zero attached hydrogens (tertiary/aromatic N) is 2. The van der Waals surface area contributed by atoms with Crippen molar-refractivity contribution < 1.29 is 4.92 Å². The van der Waals surface area contributed by atoms with Crippen molar-refractivity contribution in [3.8, 4) is 0 Å². The topological polar surface area (TPSA) is 46.4 Å². The molecule has 0 bridgehead atoms. The molecule has 1 rings (SSSR count). The second kappa shape index (κ2) is 6.36. The number of thioether (sulfide) groups is 1. The Morgan fingerprint density at radius 3 is 2.47 bits per heavy atom. The van der Waals surface area contributed by atoms with Gasteiger partial charge in [-0.1, -0.05) is 24.0 Å². The molecule has 0 fully saturated rings. The molecule has 0 radical (unpaired) electrons. The van der Waals surface area contributed by atoms with Gasteiger partial charge in [0, 0.05) is 26.2 Å². The van der Waals surface area contributed by atoms with Crippen molar-refractivity contribution in [2.24, 2.45) is 0 Å².